The van der Waals surface area contributed by atoms with Crippen molar-refractivity contribution in [3.05, 3.63) is 35.4 Å². The fraction of sp³-hybridized carbons (Fsp3) is 0.611. The van der Waals surface area contributed by atoms with Gasteiger partial charge in [-0.05, 0) is 36.8 Å². The van der Waals surface area contributed by atoms with E-state index >= 15 is 0 Å². The zero-order chi connectivity index (χ0) is 17.0. The summed E-state index contributed by atoms with van der Waals surface area (Å²) < 4.78 is 24.9. The van der Waals surface area contributed by atoms with E-state index in [2.05, 4.69) is 19.2 Å². The highest BCUT2D eigenvalue weighted by atomic mass is 32.2. The number of amides is 1. The first kappa shape index (κ1) is 18.0. The molecule has 1 saturated carbocycles. The summed E-state index contributed by atoms with van der Waals surface area (Å²) in [6.07, 6.45) is 4.12. The summed E-state index contributed by atoms with van der Waals surface area (Å²) in [6.45, 7) is 5.68. The fourth-order valence-corrected chi connectivity index (χ4v) is 4.21. The van der Waals surface area contributed by atoms with Crippen LogP contribution in [-0.4, -0.2) is 25.6 Å². The molecule has 0 radical (unpaired) electrons. The van der Waals surface area contributed by atoms with Crippen LogP contribution >= 0.6 is 0 Å². The van der Waals surface area contributed by atoms with Gasteiger partial charge in [-0.3, -0.25) is 4.79 Å². The maximum atomic E-state index is 12.5. The van der Waals surface area contributed by atoms with Crippen LogP contribution in [0.5, 0.6) is 0 Å². The van der Waals surface area contributed by atoms with Gasteiger partial charge in [-0.15, -0.1) is 0 Å². The summed E-state index contributed by atoms with van der Waals surface area (Å²) in [5, 5.41) is 1.87. The van der Waals surface area contributed by atoms with Gasteiger partial charge in [0.2, 0.25) is 5.91 Å². The van der Waals surface area contributed by atoms with Gasteiger partial charge in [-0.25, -0.2) is 8.42 Å². The molecule has 23 heavy (non-hydrogen) atoms. The molecule has 1 aromatic rings. The van der Waals surface area contributed by atoms with Crippen LogP contribution in [0.1, 0.15) is 63.5 Å². The average Bonchev–Trinajstić information content (AvgIpc) is 2.99. The highest BCUT2D eigenvalue weighted by Crippen LogP contribution is 2.20. The van der Waals surface area contributed by atoms with Gasteiger partial charge in [0.15, 0.2) is 9.84 Å². The Labute approximate surface area is 139 Å². The van der Waals surface area contributed by atoms with E-state index in [9.17, 15) is 13.2 Å². The summed E-state index contributed by atoms with van der Waals surface area (Å²) in [6, 6.07) is 7.74. The second-order valence-electron chi connectivity index (χ2n) is 6.84. The predicted molar refractivity (Wildman–Crippen MR) is 93.0 cm³/mol. The molecule has 0 aliphatic heterocycles. The lowest BCUT2D eigenvalue weighted by atomic mass is 10.0. The first-order valence-electron chi connectivity index (χ1n) is 8.40. The van der Waals surface area contributed by atoms with E-state index < -0.39 is 15.1 Å². The van der Waals surface area contributed by atoms with E-state index in [0.29, 0.717) is 5.92 Å². The zero-order valence-electron chi connectivity index (χ0n) is 14.2. The highest BCUT2D eigenvalue weighted by molar-refractivity contribution is 7.92. The minimum Gasteiger partial charge on any atom is -0.352 e. The van der Waals surface area contributed by atoms with Crippen LogP contribution in [-0.2, 0) is 20.4 Å². The van der Waals surface area contributed by atoms with Crippen LogP contribution in [0.25, 0.3) is 0 Å². The first-order valence-corrected chi connectivity index (χ1v) is 10.1. The molecule has 1 aromatic carbocycles. The molecule has 4 nitrogen and oxygen atoms in total. The summed E-state index contributed by atoms with van der Waals surface area (Å²) in [5.74, 6) is -0.0440. The van der Waals surface area contributed by atoms with Gasteiger partial charge in [0.1, 0.15) is 5.25 Å². The normalized spacial score (nSPS) is 17.4. The molecule has 1 amide bonds. The van der Waals surface area contributed by atoms with Crippen LogP contribution in [0.2, 0.25) is 0 Å². The molecule has 1 atom stereocenters. The number of carbonyl (C=O) groups excluding carboxylic acids is 1. The Morgan fingerprint density at radius 1 is 1.13 bits per heavy atom. The van der Waals surface area contributed by atoms with Crippen LogP contribution < -0.4 is 5.32 Å². The number of carbonyl (C=O) groups is 1. The van der Waals surface area contributed by atoms with E-state index in [1.165, 1.54) is 12.5 Å². The molecule has 1 N–H and O–H groups in total. The summed E-state index contributed by atoms with van der Waals surface area (Å²) >= 11 is 0. The Morgan fingerprint density at radius 2 is 1.70 bits per heavy atom. The largest absolute Gasteiger partial charge is 0.352 e. The number of hydrogen-bond donors (Lipinski definition) is 1. The Balaban J connectivity index is 2.00. The molecular weight excluding hydrogens is 310 g/mol. The number of sulfone groups is 1. The Kier molecular flexibility index (Phi) is 5.84. The van der Waals surface area contributed by atoms with Gasteiger partial charge in [0, 0.05) is 6.04 Å². The summed E-state index contributed by atoms with van der Waals surface area (Å²) in [4.78, 5) is 12.2. The van der Waals surface area contributed by atoms with Gasteiger partial charge in [0.05, 0.1) is 5.75 Å². The lowest BCUT2D eigenvalue weighted by Crippen LogP contribution is -2.42. The molecule has 0 aromatic heterocycles. The van der Waals surface area contributed by atoms with Crippen molar-refractivity contribution in [2.24, 2.45) is 0 Å². The molecule has 1 aliphatic carbocycles. The Hall–Kier alpha value is -1.36. The number of hydrogen-bond acceptors (Lipinski definition) is 3. The molecule has 128 valence electrons. The standard InChI is InChI=1S/C18H27NO3S/c1-13(2)16-10-8-15(9-11-16)12-23(21,22)14(3)18(20)19-17-6-4-5-7-17/h8-11,13-14,17H,4-7,12H2,1-3H3,(H,19,20)/t14-/m1/s1. The number of benzene rings is 1. The number of nitrogens with one attached hydrogen (secondary N) is 1. The zero-order valence-corrected chi connectivity index (χ0v) is 15.0. The Bertz CT molecular complexity index is 629. The maximum Gasteiger partial charge on any atom is 0.238 e. The molecule has 5 heteroatoms. The molecule has 0 heterocycles. The molecule has 1 fully saturated rings. The van der Waals surface area contributed by atoms with Crippen LogP contribution in [0.15, 0.2) is 24.3 Å². The third-order valence-corrected chi connectivity index (χ3v) is 6.65. The monoisotopic (exact) mass is 337 g/mol. The van der Waals surface area contributed by atoms with E-state index in [4.69, 9.17) is 0 Å². The fourth-order valence-electron chi connectivity index (χ4n) is 2.91. The van der Waals surface area contributed by atoms with Crippen molar-refractivity contribution < 1.29 is 13.2 Å². The molecule has 0 unspecified atom stereocenters. The second-order valence-corrected chi connectivity index (χ2v) is 9.16. The van der Waals surface area contributed by atoms with E-state index in [0.717, 1.165) is 31.2 Å². The number of rotatable bonds is 6. The van der Waals surface area contributed by atoms with E-state index in [1.54, 1.807) is 0 Å². The van der Waals surface area contributed by atoms with Gasteiger partial charge in [-0.2, -0.15) is 0 Å². The van der Waals surface area contributed by atoms with Crippen molar-refractivity contribution in [1.82, 2.24) is 5.32 Å². The average molecular weight is 337 g/mol. The topological polar surface area (TPSA) is 63.2 Å². The van der Waals surface area contributed by atoms with Gasteiger partial charge < -0.3 is 5.32 Å². The van der Waals surface area contributed by atoms with Crippen molar-refractivity contribution in [2.75, 3.05) is 0 Å². The SMILES string of the molecule is CC(C)c1ccc(CS(=O)(=O)[C@H](C)C(=O)NC2CCCC2)cc1. The van der Waals surface area contributed by atoms with Crippen LogP contribution in [0.4, 0.5) is 0 Å². The van der Waals surface area contributed by atoms with Crippen molar-refractivity contribution in [1.29, 1.82) is 0 Å². The molecule has 1 aliphatic rings. The molecule has 2 rings (SSSR count). The van der Waals surface area contributed by atoms with E-state index in [-0.39, 0.29) is 17.7 Å². The third-order valence-electron chi connectivity index (χ3n) is 4.62. The van der Waals surface area contributed by atoms with Crippen molar-refractivity contribution in [3.8, 4) is 0 Å². The van der Waals surface area contributed by atoms with Gasteiger partial charge >= 0.3 is 0 Å². The van der Waals surface area contributed by atoms with Gasteiger partial charge in [-0.1, -0.05) is 51.0 Å². The van der Waals surface area contributed by atoms with Crippen molar-refractivity contribution >= 4 is 15.7 Å². The van der Waals surface area contributed by atoms with Gasteiger partial charge in [0.25, 0.3) is 0 Å². The smallest absolute Gasteiger partial charge is 0.238 e. The maximum absolute atomic E-state index is 12.5. The minimum atomic E-state index is -3.50. The molecule has 0 saturated heterocycles. The lowest BCUT2D eigenvalue weighted by Gasteiger charge is -2.17. The summed E-state index contributed by atoms with van der Waals surface area (Å²) in [7, 11) is -3.50. The molecular formula is C18H27NO3S. The van der Waals surface area contributed by atoms with Crippen molar-refractivity contribution in [2.45, 2.75) is 69.4 Å². The predicted octanol–water partition coefficient (Wildman–Crippen LogP) is 3.17. The quantitative estimate of drug-likeness (QED) is 0.867. The van der Waals surface area contributed by atoms with E-state index in [1.807, 2.05) is 24.3 Å². The van der Waals surface area contributed by atoms with Crippen molar-refractivity contribution in [3.63, 3.8) is 0 Å². The first-order chi connectivity index (χ1) is 10.8. The lowest BCUT2D eigenvalue weighted by molar-refractivity contribution is -0.121. The second kappa shape index (κ2) is 7.47. The minimum absolute atomic E-state index is 0.0926. The van der Waals surface area contributed by atoms with Crippen LogP contribution in [0.3, 0.4) is 0 Å². The Morgan fingerprint density at radius 3 is 2.22 bits per heavy atom. The molecule has 0 spiro atoms. The highest BCUT2D eigenvalue weighted by Gasteiger charge is 2.30. The molecule has 0 bridgehead atoms. The van der Waals surface area contributed by atoms with Crippen LogP contribution in [0, 0.1) is 0 Å². The third kappa shape index (κ3) is 4.80. The summed E-state index contributed by atoms with van der Waals surface area (Å²) in [5.41, 5.74) is 1.91.